The van der Waals surface area contributed by atoms with E-state index in [1.807, 2.05) is 30.3 Å². The van der Waals surface area contributed by atoms with Gasteiger partial charge in [-0.15, -0.1) is 0 Å². The number of hydrogen-bond acceptors (Lipinski definition) is 2. The van der Waals surface area contributed by atoms with E-state index in [0.717, 1.165) is 11.1 Å². The normalized spacial score (nSPS) is 10.4. The highest BCUT2D eigenvalue weighted by Gasteiger charge is 2.13. The zero-order valence-corrected chi connectivity index (χ0v) is 14.8. The number of hydrogen-bond donors (Lipinski definition) is 0. The van der Waals surface area contributed by atoms with Crippen LogP contribution in [-0.2, 0) is 13.0 Å². The quantitative estimate of drug-likeness (QED) is 0.585. The van der Waals surface area contributed by atoms with Gasteiger partial charge in [-0.25, -0.2) is 0 Å². The summed E-state index contributed by atoms with van der Waals surface area (Å²) in [6.45, 7) is 0.484. The highest BCUT2D eigenvalue weighted by atomic mass is 35.5. The first kappa shape index (κ1) is 17.3. The third kappa shape index (κ3) is 4.30. The van der Waals surface area contributed by atoms with Crippen LogP contribution in [0.25, 0.3) is 0 Å². The van der Waals surface area contributed by atoms with Gasteiger partial charge < -0.3 is 4.57 Å². The summed E-state index contributed by atoms with van der Waals surface area (Å²) in [6, 6.07) is 18.4. The lowest BCUT2D eigenvalue weighted by atomic mass is 10.1. The Labute approximate surface area is 156 Å². The average Bonchev–Trinajstić information content (AvgIpc) is 3.00. The van der Waals surface area contributed by atoms with Crippen LogP contribution in [0.1, 0.15) is 27.2 Å². The molecule has 0 saturated heterocycles. The lowest BCUT2D eigenvalue weighted by molar-refractivity contribution is 0.0993. The van der Waals surface area contributed by atoms with E-state index in [-0.39, 0.29) is 12.2 Å². The summed E-state index contributed by atoms with van der Waals surface area (Å²) in [4.78, 5) is 12.5. The summed E-state index contributed by atoms with van der Waals surface area (Å²) in [5.41, 5.74) is 2.82. The van der Waals surface area contributed by atoms with E-state index in [9.17, 15) is 10.1 Å². The van der Waals surface area contributed by atoms with Crippen molar-refractivity contribution in [1.29, 1.82) is 5.26 Å². The van der Waals surface area contributed by atoms with Gasteiger partial charge in [-0.2, -0.15) is 5.26 Å². The molecule has 0 radical (unpaired) electrons. The molecule has 0 saturated carbocycles. The van der Waals surface area contributed by atoms with Crippen molar-refractivity contribution in [2.45, 2.75) is 13.0 Å². The number of benzene rings is 2. The molecule has 2 aromatic carbocycles. The fourth-order valence-electron chi connectivity index (χ4n) is 2.61. The van der Waals surface area contributed by atoms with Crippen molar-refractivity contribution < 1.29 is 4.79 Å². The minimum absolute atomic E-state index is 0.0383. The van der Waals surface area contributed by atoms with Gasteiger partial charge in [-0.1, -0.05) is 47.5 Å². The molecule has 0 atom stereocenters. The molecule has 0 aliphatic rings. The van der Waals surface area contributed by atoms with Gasteiger partial charge in [-0.05, 0) is 41.5 Å². The molecule has 3 rings (SSSR count). The third-order valence-corrected chi connectivity index (χ3v) is 4.34. The van der Waals surface area contributed by atoms with Gasteiger partial charge in [-0.3, -0.25) is 4.79 Å². The molecule has 1 aromatic heterocycles. The fourth-order valence-corrected chi connectivity index (χ4v) is 2.95. The van der Waals surface area contributed by atoms with Crippen molar-refractivity contribution in [2.24, 2.45) is 0 Å². The zero-order chi connectivity index (χ0) is 17.8. The maximum atomic E-state index is 12.5. The third-order valence-electron chi connectivity index (χ3n) is 3.85. The minimum Gasteiger partial charge on any atom is -0.334 e. The monoisotopic (exact) mass is 368 g/mol. The number of halogens is 2. The minimum atomic E-state index is -0.0383. The van der Waals surface area contributed by atoms with Crippen molar-refractivity contribution in [3.8, 4) is 6.07 Å². The zero-order valence-electron chi connectivity index (χ0n) is 13.2. The van der Waals surface area contributed by atoms with Crippen LogP contribution >= 0.6 is 23.2 Å². The predicted octanol–water partition coefficient (Wildman–Crippen LogP) is 5.14. The molecule has 5 heteroatoms. The number of ketones is 1. The van der Waals surface area contributed by atoms with Crippen molar-refractivity contribution in [1.82, 2.24) is 4.57 Å². The Balaban J connectivity index is 1.81. The van der Waals surface area contributed by atoms with E-state index < -0.39 is 0 Å². The van der Waals surface area contributed by atoms with Gasteiger partial charge in [0, 0.05) is 34.8 Å². The van der Waals surface area contributed by atoms with Gasteiger partial charge in [0.05, 0.1) is 0 Å². The van der Waals surface area contributed by atoms with E-state index in [1.165, 1.54) is 0 Å². The second-order valence-corrected chi connectivity index (χ2v) is 6.58. The van der Waals surface area contributed by atoms with Gasteiger partial charge in [0.2, 0.25) is 0 Å². The van der Waals surface area contributed by atoms with Crippen LogP contribution in [0, 0.1) is 11.3 Å². The first-order valence-corrected chi connectivity index (χ1v) is 8.43. The van der Waals surface area contributed by atoms with Gasteiger partial charge in [0.25, 0.3) is 0 Å². The Hall–Kier alpha value is -2.54. The predicted molar refractivity (Wildman–Crippen MR) is 99.2 cm³/mol. The second-order valence-electron chi connectivity index (χ2n) is 5.71. The van der Waals surface area contributed by atoms with Gasteiger partial charge in [0.1, 0.15) is 11.8 Å². The summed E-state index contributed by atoms with van der Waals surface area (Å²) >= 11 is 11.9. The molecule has 124 valence electrons. The number of carbonyl (C=O) groups excluding carboxylic acids is 1. The number of rotatable bonds is 5. The lowest BCUT2D eigenvalue weighted by Gasteiger charge is -2.05. The SMILES string of the molecule is N#Cc1cc(C(=O)Cc2ccc(Cl)cc2)cn1Cc1cccc(Cl)c1. The Kier molecular flexibility index (Phi) is 5.23. The highest BCUT2D eigenvalue weighted by Crippen LogP contribution is 2.17. The van der Waals surface area contributed by atoms with Crippen molar-refractivity contribution in [3.63, 3.8) is 0 Å². The number of nitrogens with zero attached hydrogens (tertiary/aromatic N) is 2. The largest absolute Gasteiger partial charge is 0.334 e. The van der Waals surface area contributed by atoms with E-state index in [2.05, 4.69) is 6.07 Å². The first-order chi connectivity index (χ1) is 12.0. The van der Waals surface area contributed by atoms with Crippen LogP contribution in [0.4, 0.5) is 0 Å². The molecule has 1 heterocycles. The van der Waals surface area contributed by atoms with E-state index in [4.69, 9.17) is 23.2 Å². The van der Waals surface area contributed by atoms with Crippen molar-refractivity contribution >= 4 is 29.0 Å². The summed E-state index contributed by atoms with van der Waals surface area (Å²) in [7, 11) is 0. The van der Waals surface area contributed by atoms with Crippen molar-refractivity contribution in [3.05, 3.63) is 93.2 Å². The van der Waals surface area contributed by atoms with Crippen LogP contribution in [0.5, 0.6) is 0 Å². The topological polar surface area (TPSA) is 45.8 Å². The molecule has 0 unspecified atom stereocenters. The summed E-state index contributed by atoms with van der Waals surface area (Å²) in [5.74, 6) is -0.0383. The van der Waals surface area contributed by atoms with Crippen LogP contribution in [-0.4, -0.2) is 10.4 Å². The molecule has 3 aromatic rings. The van der Waals surface area contributed by atoms with Gasteiger partial charge >= 0.3 is 0 Å². The summed E-state index contributed by atoms with van der Waals surface area (Å²) in [5, 5.41) is 10.6. The van der Waals surface area contributed by atoms with Crippen LogP contribution < -0.4 is 0 Å². The molecule has 0 fully saturated rings. The smallest absolute Gasteiger partial charge is 0.168 e. The molecular weight excluding hydrogens is 355 g/mol. The summed E-state index contributed by atoms with van der Waals surface area (Å²) in [6.07, 6.45) is 1.99. The molecular formula is C20H14Cl2N2O. The maximum absolute atomic E-state index is 12.5. The molecule has 0 spiro atoms. The number of carbonyl (C=O) groups is 1. The molecule has 0 aliphatic heterocycles. The van der Waals surface area contributed by atoms with Crippen LogP contribution in [0.2, 0.25) is 10.0 Å². The Morgan fingerprint density at radius 2 is 1.76 bits per heavy atom. The molecule has 3 nitrogen and oxygen atoms in total. The summed E-state index contributed by atoms with van der Waals surface area (Å²) < 4.78 is 1.76. The average molecular weight is 369 g/mol. The van der Waals surface area contributed by atoms with E-state index in [1.54, 1.807) is 35.0 Å². The maximum Gasteiger partial charge on any atom is 0.168 e. The lowest BCUT2D eigenvalue weighted by Crippen LogP contribution is -2.03. The number of aromatic nitrogens is 1. The van der Waals surface area contributed by atoms with E-state index >= 15 is 0 Å². The Morgan fingerprint density at radius 3 is 2.44 bits per heavy atom. The number of Topliss-reactive ketones (excluding diaryl/α,β-unsaturated/α-hetero) is 1. The highest BCUT2D eigenvalue weighted by molar-refractivity contribution is 6.30. The second kappa shape index (κ2) is 7.57. The van der Waals surface area contributed by atoms with Gasteiger partial charge in [0.15, 0.2) is 5.78 Å². The Morgan fingerprint density at radius 1 is 1.00 bits per heavy atom. The van der Waals surface area contributed by atoms with Crippen LogP contribution in [0.15, 0.2) is 60.8 Å². The van der Waals surface area contributed by atoms with E-state index in [0.29, 0.717) is 27.8 Å². The molecule has 0 amide bonds. The molecule has 25 heavy (non-hydrogen) atoms. The molecule has 0 bridgehead atoms. The standard InChI is InChI=1S/C20H14Cl2N2O/c21-17-6-4-14(5-7-17)9-20(25)16-10-19(11-23)24(13-16)12-15-2-1-3-18(22)8-15/h1-8,10,13H,9,12H2. The fraction of sp³-hybridized carbons (Fsp3) is 0.100. The number of nitriles is 1. The molecule has 0 N–H and O–H groups in total. The van der Waals surface area contributed by atoms with Crippen LogP contribution in [0.3, 0.4) is 0 Å². The Bertz CT molecular complexity index is 953. The first-order valence-electron chi connectivity index (χ1n) is 7.67. The van der Waals surface area contributed by atoms with Crippen molar-refractivity contribution in [2.75, 3.05) is 0 Å². The molecule has 0 aliphatic carbocycles.